The smallest absolute Gasteiger partial charge is 0.232 e. The zero-order valence-corrected chi connectivity index (χ0v) is 15.3. The molecule has 0 atom stereocenters. The maximum atomic E-state index is 12.6. The van der Waals surface area contributed by atoms with Crippen LogP contribution in [0.5, 0.6) is 0 Å². The van der Waals surface area contributed by atoms with E-state index in [1.165, 1.54) is 0 Å². The zero-order chi connectivity index (χ0) is 18.8. The molecule has 2 aromatic carbocycles. The molecule has 0 bridgehead atoms. The van der Waals surface area contributed by atoms with E-state index in [1.54, 1.807) is 0 Å². The van der Waals surface area contributed by atoms with Crippen LogP contribution >= 0.6 is 0 Å². The number of fused-ring (bicyclic) bond motifs is 1. The lowest BCUT2D eigenvalue weighted by Crippen LogP contribution is -2.18. The van der Waals surface area contributed by atoms with Crippen molar-refractivity contribution >= 4 is 22.9 Å². The van der Waals surface area contributed by atoms with Crippen molar-refractivity contribution < 1.29 is 9.21 Å². The molecular weight excluding hydrogens is 340 g/mol. The summed E-state index contributed by atoms with van der Waals surface area (Å²) in [5.74, 6) is 1.55. The summed E-state index contributed by atoms with van der Waals surface area (Å²) < 4.78 is 7.72. The van der Waals surface area contributed by atoms with Crippen LogP contribution in [0.1, 0.15) is 18.4 Å². The number of nitrogens with zero attached hydrogens (tertiary/aromatic N) is 3. The largest absolute Gasteiger partial charge is 0.441 e. The van der Waals surface area contributed by atoms with Crippen LogP contribution in [-0.2, 0) is 17.8 Å². The quantitative estimate of drug-likeness (QED) is 0.579. The fourth-order valence-corrected chi connectivity index (χ4v) is 3.11. The molecule has 2 heterocycles. The van der Waals surface area contributed by atoms with Crippen LogP contribution in [0.2, 0.25) is 0 Å². The minimum Gasteiger partial charge on any atom is -0.441 e. The Hall–Kier alpha value is -3.41. The highest BCUT2D eigenvalue weighted by molar-refractivity contribution is 5.92. The zero-order valence-electron chi connectivity index (χ0n) is 15.3. The minimum atomic E-state index is -0.170. The van der Waals surface area contributed by atoms with Crippen molar-refractivity contribution in [3.05, 3.63) is 66.1 Å². The standard InChI is InChI=1S/C21H20N4O2/c1-3-25-18-12-8-7-11-16(18)23-21(25)24-19(26)13-17-14(2)27-20(22-17)15-9-5-4-6-10-15/h4-12H,3,13H2,1-2H3,(H,23,24,26). The van der Waals surface area contributed by atoms with Crippen LogP contribution in [0.4, 0.5) is 5.95 Å². The molecule has 2 aromatic heterocycles. The van der Waals surface area contributed by atoms with Crippen molar-refractivity contribution in [3.8, 4) is 11.5 Å². The average Bonchev–Trinajstić information content (AvgIpc) is 3.22. The lowest BCUT2D eigenvalue weighted by Gasteiger charge is -2.07. The van der Waals surface area contributed by atoms with E-state index in [0.29, 0.717) is 23.3 Å². The molecule has 27 heavy (non-hydrogen) atoms. The van der Waals surface area contributed by atoms with Crippen LogP contribution in [0.3, 0.4) is 0 Å². The van der Waals surface area contributed by atoms with E-state index in [9.17, 15) is 4.79 Å². The van der Waals surface area contributed by atoms with E-state index in [4.69, 9.17) is 4.42 Å². The monoisotopic (exact) mass is 360 g/mol. The first-order chi connectivity index (χ1) is 13.2. The van der Waals surface area contributed by atoms with E-state index in [1.807, 2.05) is 73.0 Å². The highest BCUT2D eigenvalue weighted by atomic mass is 16.4. The molecule has 1 amide bonds. The number of oxazole rings is 1. The molecule has 4 rings (SSSR count). The van der Waals surface area contributed by atoms with Crippen LogP contribution in [0.15, 0.2) is 59.0 Å². The number of amides is 1. The van der Waals surface area contributed by atoms with Gasteiger partial charge in [-0.25, -0.2) is 9.97 Å². The summed E-state index contributed by atoms with van der Waals surface area (Å²) in [6.45, 7) is 4.57. The maximum absolute atomic E-state index is 12.6. The second-order valence-corrected chi connectivity index (χ2v) is 6.28. The molecule has 1 N–H and O–H groups in total. The van der Waals surface area contributed by atoms with Gasteiger partial charge in [-0.3, -0.25) is 10.1 Å². The fourth-order valence-electron chi connectivity index (χ4n) is 3.11. The van der Waals surface area contributed by atoms with Gasteiger partial charge in [0, 0.05) is 12.1 Å². The number of aromatic nitrogens is 3. The molecule has 0 aliphatic rings. The number of para-hydroxylation sites is 2. The predicted octanol–water partition coefficient (Wildman–Crippen LogP) is 4.20. The van der Waals surface area contributed by atoms with Crippen molar-refractivity contribution in [2.24, 2.45) is 0 Å². The Kier molecular flexibility index (Phi) is 4.46. The van der Waals surface area contributed by atoms with Gasteiger partial charge < -0.3 is 8.98 Å². The van der Waals surface area contributed by atoms with Crippen molar-refractivity contribution in [1.82, 2.24) is 14.5 Å². The number of hydrogen-bond acceptors (Lipinski definition) is 4. The molecule has 4 aromatic rings. The summed E-state index contributed by atoms with van der Waals surface area (Å²) in [5.41, 5.74) is 3.38. The van der Waals surface area contributed by atoms with Gasteiger partial charge in [0.1, 0.15) is 5.76 Å². The number of hydrogen-bond donors (Lipinski definition) is 1. The van der Waals surface area contributed by atoms with Gasteiger partial charge in [-0.2, -0.15) is 0 Å². The van der Waals surface area contributed by atoms with E-state index in [-0.39, 0.29) is 12.3 Å². The van der Waals surface area contributed by atoms with Gasteiger partial charge in [0.25, 0.3) is 0 Å². The van der Waals surface area contributed by atoms with Crippen molar-refractivity contribution in [1.29, 1.82) is 0 Å². The Labute approximate surface area is 156 Å². The third-order valence-corrected chi connectivity index (χ3v) is 4.46. The van der Waals surface area contributed by atoms with Crippen LogP contribution in [0.25, 0.3) is 22.5 Å². The molecule has 0 saturated heterocycles. The Bertz CT molecular complexity index is 1100. The Balaban J connectivity index is 1.55. The third kappa shape index (κ3) is 3.33. The van der Waals surface area contributed by atoms with E-state index in [0.717, 1.165) is 23.1 Å². The van der Waals surface area contributed by atoms with E-state index < -0.39 is 0 Å². The van der Waals surface area contributed by atoms with Gasteiger partial charge in [0.05, 0.1) is 23.1 Å². The first-order valence-electron chi connectivity index (χ1n) is 8.92. The van der Waals surface area contributed by atoms with Gasteiger partial charge in [-0.1, -0.05) is 30.3 Å². The first-order valence-corrected chi connectivity index (χ1v) is 8.92. The molecule has 6 nitrogen and oxygen atoms in total. The van der Waals surface area contributed by atoms with Crippen LogP contribution in [-0.4, -0.2) is 20.4 Å². The summed E-state index contributed by atoms with van der Waals surface area (Å²) in [5, 5.41) is 2.91. The molecule has 0 fully saturated rings. The average molecular weight is 360 g/mol. The molecule has 0 saturated carbocycles. The normalized spacial score (nSPS) is 11.0. The van der Waals surface area contributed by atoms with Gasteiger partial charge >= 0.3 is 0 Å². The van der Waals surface area contributed by atoms with E-state index >= 15 is 0 Å². The van der Waals surface area contributed by atoms with Gasteiger partial charge in [-0.15, -0.1) is 0 Å². The molecule has 0 aliphatic heterocycles. The molecule has 6 heteroatoms. The van der Waals surface area contributed by atoms with Gasteiger partial charge in [-0.05, 0) is 38.1 Å². The molecular formula is C21H20N4O2. The van der Waals surface area contributed by atoms with Crippen molar-refractivity contribution in [2.45, 2.75) is 26.8 Å². The Morgan fingerprint density at radius 3 is 2.59 bits per heavy atom. The van der Waals surface area contributed by atoms with Gasteiger partial charge in [0.2, 0.25) is 17.7 Å². The predicted molar refractivity (Wildman–Crippen MR) is 104 cm³/mol. The summed E-state index contributed by atoms with van der Waals surface area (Å²) >= 11 is 0. The van der Waals surface area contributed by atoms with Crippen LogP contribution < -0.4 is 5.32 Å². The van der Waals surface area contributed by atoms with Crippen molar-refractivity contribution in [3.63, 3.8) is 0 Å². The van der Waals surface area contributed by atoms with E-state index in [2.05, 4.69) is 15.3 Å². The highest BCUT2D eigenvalue weighted by Gasteiger charge is 2.17. The molecule has 136 valence electrons. The number of benzene rings is 2. The minimum absolute atomic E-state index is 0.134. The Morgan fingerprint density at radius 2 is 1.81 bits per heavy atom. The summed E-state index contributed by atoms with van der Waals surface area (Å²) in [7, 11) is 0. The number of imidazole rings is 1. The first kappa shape index (κ1) is 17.0. The van der Waals surface area contributed by atoms with Crippen molar-refractivity contribution in [2.75, 3.05) is 5.32 Å². The van der Waals surface area contributed by atoms with Crippen LogP contribution in [0, 0.1) is 6.92 Å². The number of carbonyl (C=O) groups excluding carboxylic acids is 1. The van der Waals surface area contributed by atoms with Gasteiger partial charge in [0.15, 0.2) is 0 Å². The molecule has 0 unspecified atom stereocenters. The molecule has 0 radical (unpaired) electrons. The number of aryl methyl sites for hydroxylation is 2. The molecule has 0 spiro atoms. The summed E-state index contributed by atoms with van der Waals surface area (Å²) in [4.78, 5) is 21.6. The number of rotatable bonds is 5. The summed E-state index contributed by atoms with van der Waals surface area (Å²) in [6.07, 6.45) is 0.134. The molecule has 0 aliphatic carbocycles. The number of carbonyl (C=O) groups is 1. The Morgan fingerprint density at radius 1 is 1.07 bits per heavy atom. The fraction of sp³-hybridized carbons (Fsp3) is 0.190. The third-order valence-electron chi connectivity index (χ3n) is 4.46. The maximum Gasteiger partial charge on any atom is 0.232 e. The second-order valence-electron chi connectivity index (χ2n) is 6.28. The summed E-state index contributed by atoms with van der Waals surface area (Å²) in [6, 6.07) is 17.5. The number of anilines is 1. The topological polar surface area (TPSA) is 73.0 Å². The SMILES string of the molecule is CCn1c(NC(=O)Cc2nc(-c3ccccc3)oc2C)nc2ccccc21. The second kappa shape index (κ2) is 7.07. The lowest BCUT2D eigenvalue weighted by molar-refractivity contribution is -0.115. The highest BCUT2D eigenvalue weighted by Crippen LogP contribution is 2.23. The number of nitrogens with one attached hydrogen (secondary N) is 1. The lowest BCUT2D eigenvalue weighted by atomic mass is 10.2.